The third-order valence-electron chi connectivity index (χ3n) is 6.31. The Hall–Kier alpha value is -4.59. The third-order valence-corrected chi connectivity index (χ3v) is 6.31. The number of ether oxygens (including phenoxy) is 2. The number of nitrogens with zero attached hydrogens (tertiary/aromatic N) is 1. The summed E-state index contributed by atoms with van der Waals surface area (Å²) >= 11 is 0. The summed E-state index contributed by atoms with van der Waals surface area (Å²) in [6.07, 6.45) is 0. The van der Waals surface area contributed by atoms with Crippen LogP contribution in [0.4, 0.5) is 11.4 Å². The molecule has 0 saturated carbocycles. The second-order valence-electron chi connectivity index (χ2n) is 8.79. The van der Waals surface area contributed by atoms with Gasteiger partial charge in [0.1, 0.15) is 17.1 Å². The molecule has 8 nitrogen and oxygen atoms in total. The highest BCUT2D eigenvalue weighted by Crippen LogP contribution is 2.39. The third kappa shape index (κ3) is 3.67. The van der Waals surface area contributed by atoms with Crippen LogP contribution in [-0.4, -0.2) is 37.4 Å². The first-order valence-electron chi connectivity index (χ1n) is 11.3. The van der Waals surface area contributed by atoms with Crippen molar-refractivity contribution in [3.8, 4) is 11.5 Å². The molecule has 8 heteroatoms. The maximum absolute atomic E-state index is 13.6. The number of methoxy groups -OCH3 is 1. The molecule has 0 fully saturated rings. The van der Waals surface area contributed by atoms with Crippen LogP contribution in [0, 0.1) is 6.92 Å². The first-order chi connectivity index (χ1) is 17.2. The Morgan fingerprint density at radius 2 is 1.81 bits per heavy atom. The minimum atomic E-state index is -1.87. The molecule has 1 atom stereocenters. The monoisotopic (exact) mass is 484 g/mol. The highest BCUT2D eigenvalue weighted by molar-refractivity contribution is 6.23. The lowest BCUT2D eigenvalue weighted by atomic mass is 9.99. The van der Waals surface area contributed by atoms with Crippen molar-refractivity contribution in [2.75, 3.05) is 24.4 Å². The summed E-state index contributed by atoms with van der Waals surface area (Å²) in [5.41, 5.74) is 0.565. The Morgan fingerprint density at radius 1 is 1.03 bits per heavy atom. The molecule has 1 aliphatic heterocycles. The van der Waals surface area contributed by atoms with E-state index in [0.717, 1.165) is 5.56 Å². The van der Waals surface area contributed by atoms with Gasteiger partial charge in [-0.15, -0.1) is 0 Å². The molecule has 0 radical (unpaired) electrons. The second kappa shape index (κ2) is 8.57. The molecule has 36 heavy (non-hydrogen) atoms. The molecule has 1 aliphatic rings. The molecule has 3 aromatic carbocycles. The summed E-state index contributed by atoms with van der Waals surface area (Å²) in [5, 5.41) is 3.28. The molecule has 5 rings (SSSR count). The molecule has 0 spiro atoms. The van der Waals surface area contributed by atoms with Crippen molar-refractivity contribution in [1.29, 1.82) is 0 Å². The fourth-order valence-corrected chi connectivity index (χ4v) is 4.27. The Balaban J connectivity index is 1.55. The van der Waals surface area contributed by atoms with Gasteiger partial charge in [0.2, 0.25) is 5.78 Å². The van der Waals surface area contributed by atoms with Gasteiger partial charge in [-0.3, -0.25) is 14.4 Å². The van der Waals surface area contributed by atoms with Gasteiger partial charge in [0.05, 0.1) is 18.5 Å². The van der Waals surface area contributed by atoms with Crippen molar-refractivity contribution in [3.05, 3.63) is 83.6 Å². The van der Waals surface area contributed by atoms with Crippen LogP contribution in [0.1, 0.15) is 28.6 Å². The van der Waals surface area contributed by atoms with Gasteiger partial charge in [-0.25, -0.2) is 0 Å². The number of amides is 2. The highest BCUT2D eigenvalue weighted by atomic mass is 16.5. The van der Waals surface area contributed by atoms with Gasteiger partial charge in [-0.2, -0.15) is 0 Å². The fraction of sp³-hybridized carbons (Fsp3) is 0.179. The van der Waals surface area contributed by atoms with E-state index in [1.807, 2.05) is 19.1 Å². The lowest BCUT2D eigenvalue weighted by Crippen LogP contribution is -2.59. The fourth-order valence-electron chi connectivity index (χ4n) is 4.27. The largest absolute Gasteiger partial charge is 0.497 e. The van der Waals surface area contributed by atoms with E-state index >= 15 is 0 Å². The number of carbonyl (C=O) groups excluding carboxylic acids is 3. The molecule has 0 aliphatic carbocycles. The average Bonchev–Trinajstić information content (AvgIpc) is 3.25. The summed E-state index contributed by atoms with van der Waals surface area (Å²) in [4.78, 5) is 41.8. The Labute approximate surface area is 207 Å². The number of fused-ring (bicyclic) bond motifs is 2. The number of nitrogens with one attached hydrogen (secondary N) is 1. The zero-order valence-electron chi connectivity index (χ0n) is 20.2. The van der Waals surface area contributed by atoms with Crippen LogP contribution >= 0.6 is 0 Å². The number of likely N-dealkylation sites (N-methyl/N-ethyl adjacent to an activating group) is 1. The van der Waals surface area contributed by atoms with Gasteiger partial charge in [0.15, 0.2) is 5.76 Å². The number of benzene rings is 3. The summed E-state index contributed by atoms with van der Waals surface area (Å²) < 4.78 is 17.1. The second-order valence-corrected chi connectivity index (χ2v) is 8.79. The van der Waals surface area contributed by atoms with Gasteiger partial charge >= 0.3 is 0 Å². The van der Waals surface area contributed by atoms with Crippen molar-refractivity contribution in [1.82, 2.24) is 0 Å². The number of rotatable bonds is 5. The molecule has 182 valence electrons. The zero-order valence-corrected chi connectivity index (χ0v) is 20.2. The SMILES string of the molecule is COc1cccc(C(=O)c2oc3ccccc3c2NC(=O)C2(C)Oc3ccc(C)cc3N(C)C2=O)c1. The first-order valence-corrected chi connectivity index (χ1v) is 11.3. The van der Waals surface area contributed by atoms with Crippen molar-refractivity contribution < 1.29 is 28.3 Å². The molecular formula is C28H24N2O6. The summed E-state index contributed by atoms with van der Waals surface area (Å²) in [6, 6.07) is 19.0. The van der Waals surface area contributed by atoms with Crippen LogP contribution in [0.25, 0.3) is 11.0 Å². The summed E-state index contributed by atoms with van der Waals surface area (Å²) in [6.45, 7) is 3.32. The van der Waals surface area contributed by atoms with Crippen LogP contribution in [0.2, 0.25) is 0 Å². The minimum absolute atomic E-state index is 0.0611. The maximum Gasteiger partial charge on any atom is 0.280 e. The molecular weight excluding hydrogens is 460 g/mol. The van der Waals surface area contributed by atoms with E-state index in [1.54, 1.807) is 61.6 Å². The average molecular weight is 485 g/mol. The number of carbonyl (C=O) groups is 3. The number of anilines is 2. The number of ketones is 1. The number of hydrogen-bond donors (Lipinski definition) is 1. The molecule has 0 bridgehead atoms. The molecule has 2 heterocycles. The van der Waals surface area contributed by atoms with Gasteiger partial charge in [0, 0.05) is 18.0 Å². The van der Waals surface area contributed by atoms with Gasteiger partial charge in [-0.1, -0.05) is 30.3 Å². The van der Waals surface area contributed by atoms with E-state index in [-0.39, 0.29) is 11.4 Å². The van der Waals surface area contributed by atoms with Gasteiger partial charge in [-0.05, 0) is 55.8 Å². The zero-order chi connectivity index (χ0) is 25.6. The van der Waals surface area contributed by atoms with E-state index in [9.17, 15) is 14.4 Å². The van der Waals surface area contributed by atoms with Crippen LogP contribution in [0.15, 0.2) is 71.1 Å². The van der Waals surface area contributed by atoms with Crippen molar-refractivity contribution in [3.63, 3.8) is 0 Å². The standard InChI is InChI=1S/C28H24N2O6/c1-16-12-13-22-20(14-16)30(3)27(33)28(2,36-22)26(32)29-23-19-10-5-6-11-21(19)35-25(23)24(31)17-8-7-9-18(15-17)34-4/h5-15H,1-4H3,(H,29,32). The Morgan fingerprint density at radius 3 is 2.58 bits per heavy atom. The molecule has 1 unspecified atom stereocenters. The first kappa shape index (κ1) is 23.2. The smallest absolute Gasteiger partial charge is 0.280 e. The van der Waals surface area contributed by atoms with Crippen LogP contribution in [0.5, 0.6) is 11.5 Å². The maximum atomic E-state index is 13.6. The van der Waals surface area contributed by atoms with Gasteiger partial charge in [0.25, 0.3) is 17.4 Å². The van der Waals surface area contributed by atoms with Crippen molar-refractivity contribution in [2.24, 2.45) is 0 Å². The lowest BCUT2D eigenvalue weighted by Gasteiger charge is -2.38. The molecule has 1 aromatic heterocycles. The number of para-hydroxylation sites is 1. The number of aryl methyl sites for hydroxylation is 1. The highest BCUT2D eigenvalue weighted by Gasteiger charge is 2.50. The van der Waals surface area contributed by atoms with Crippen LogP contribution in [0.3, 0.4) is 0 Å². The summed E-state index contributed by atoms with van der Waals surface area (Å²) in [5.74, 6) is -0.852. The van der Waals surface area contributed by atoms with Crippen LogP contribution in [-0.2, 0) is 9.59 Å². The lowest BCUT2D eigenvalue weighted by molar-refractivity contribution is -0.144. The van der Waals surface area contributed by atoms with E-state index in [2.05, 4.69) is 5.32 Å². The normalized spacial score (nSPS) is 16.9. The van der Waals surface area contributed by atoms with Crippen LogP contribution < -0.4 is 19.7 Å². The molecule has 1 N–H and O–H groups in total. The molecule has 4 aromatic rings. The van der Waals surface area contributed by atoms with E-state index in [0.29, 0.717) is 33.7 Å². The summed E-state index contributed by atoms with van der Waals surface area (Å²) in [7, 11) is 3.11. The minimum Gasteiger partial charge on any atom is -0.497 e. The van der Waals surface area contributed by atoms with E-state index in [1.165, 1.54) is 18.9 Å². The van der Waals surface area contributed by atoms with E-state index < -0.39 is 23.2 Å². The van der Waals surface area contributed by atoms with Gasteiger partial charge < -0.3 is 24.1 Å². The predicted octanol–water partition coefficient (Wildman–Crippen LogP) is 4.73. The van der Waals surface area contributed by atoms with E-state index in [4.69, 9.17) is 13.9 Å². The Bertz CT molecular complexity index is 1540. The number of furan rings is 1. The Kier molecular flexibility index (Phi) is 5.51. The quantitative estimate of drug-likeness (QED) is 0.325. The molecule has 2 amide bonds. The predicted molar refractivity (Wildman–Crippen MR) is 135 cm³/mol. The van der Waals surface area contributed by atoms with Crippen molar-refractivity contribution in [2.45, 2.75) is 19.4 Å². The molecule has 0 saturated heterocycles. The topological polar surface area (TPSA) is 98.1 Å². The number of hydrogen-bond acceptors (Lipinski definition) is 6. The van der Waals surface area contributed by atoms with Crippen molar-refractivity contribution >= 4 is 39.9 Å².